The number of hydrogen-bond acceptors (Lipinski definition) is 3. The molecule has 0 radical (unpaired) electrons. The molecule has 2 bridgehead atoms. The molecule has 2 heterocycles. The van der Waals surface area contributed by atoms with Crippen LogP contribution in [0, 0.1) is 6.92 Å². The van der Waals surface area contributed by atoms with E-state index >= 15 is 0 Å². The van der Waals surface area contributed by atoms with Gasteiger partial charge in [-0.2, -0.15) is 0 Å². The van der Waals surface area contributed by atoms with Crippen LogP contribution in [0.5, 0.6) is 0 Å². The zero-order valence-electron chi connectivity index (χ0n) is 11.9. The van der Waals surface area contributed by atoms with Gasteiger partial charge in [0, 0.05) is 23.0 Å². The van der Waals surface area contributed by atoms with E-state index in [9.17, 15) is 4.79 Å². The van der Waals surface area contributed by atoms with Crippen LogP contribution in [0.3, 0.4) is 0 Å². The molecule has 1 amide bonds. The van der Waals surface area contributed by atoms with Gasteiger partial charge in [-0.3, -0.25) is 4.79 Å². The van der Waals surface area contributed by atoms with Gasteiger partial charge in [0.05, 0.1) is 5.75 Å². The minimum atomic E-state index is 0.168. The number of piperidine rings is 1. The van der Waals surface area contributed by atoms with Gasteiger partial charge < -0.3 is 10.6 Å². The fourth-order valence-electron chi connectivity index (χ4n) is 3.23. The van der Waals surface area contributed by atoms with E-state index in [0.717, 1.165) is 17.7 Å². The van der Waals surface area contributed by atoms with Crippen LogP contribution in [-0.2, 0) is 4.79 Å². The van der Waals surface area contributed by atoms with E-state index in [0.29, 0.717) is 23.9 Å². The third-order valence-corrected chi connectivity index (χ3v) is 5.24. The van der Waals surface area contributed by atoms with Crippen LogP contribution in [-0.4, -0.2) is 29.8 Å². The van der Waals surface area contributed by atoms with Crippen molar-refractivity contribution < 1.29 is 4.79 Å². The van der Waals surface area contributed by atoms with E-state index in [2.05, 4.69) is 41.8 Å². The summed E-state index contributed by atoms with van der Waals surface area (Å²) in [6, 6.07) is 9.97. The molecule has 2 N–H and O–H groups in total. The first-order valence-corrected chi connectivity index (χ1v) is 8.42. The van der Waals surface area contributed by atoms with Gasteiger partial charge in [0.2, 0.25) is 5.91 Å². The maximum absolute atomic E-state index is 12.0. The Bertz CT molecular complexity index is 462. The number of benzene rings is 1. The van der Waals surface area contributed by atoms with Gasteiger partial charge in [0.15, 0.2) is 0 Å². The fraction of sp³-hybridized carbons (Fsp3) is 0.562. The predicted octanol–water partition coefficient (Wildman–Crippen LogP) is 2.49. The summed E-state index contributed by atoms with van der Waals surface area (Å²) in [6.45, 7) is 2.08. The van der Waals surface area contributed by atoms with Crippen molar-refractivity contribution in [1.82, 2.24) is 10.6 Å². The van der Waals surface area contributed by atoms with Gasteiger partial charge in [-0.05, 0) is 44.7 Å². The van der Waals surface area contributed by atoms with E-state index < -0.39 is 0 Å². The first-order chi connectivity index (χ1) is 9.69. The molecule has 1 aromatic rings. The Morgan fingerprint density at radius 1 is 1.25 bits per heavy atom. The van der Waals surface area contributed by atoms with E-state index in [1.807, 2.05) is 0 Å². The summed E-state index contributed by atoms with van der Waals surface area (Å²) in [7, 11) is 0. The molecule has 1 aromatic carbocycles. The second kappa shape index (κ2) is 6.19. The molecule has 0 spiro atoms. The molecule has 20 heavy (non-hydrogen) atoms. The Kier molecular flexibility index (Phi) is 4.32. The Morgan fingerprint density at radius 2 is 1.90 bits per heavy atom. The topological polar surface area (TPSA) is 41.1 Å². The Morgan fingerprint density at radius 3 is 2.55 bits per heavy atom. The third kappa shape index (κ3) is 3.55. The lowest BCUT2D eigenvalue weighted by Crippen LogP contribution is -2.48. The molecular weight excluding hydrogens is 268 g/mol. The van der Waals surface area contributed by atoms with Crippen LogP contribution in [0.4, 0.5) is 0 Å². The van der Waals surface area contributed by atoms with Gasteiger partial charge in [-0.1, -0.05) is 17.7 Å². The highest BCUT2D eigenvalue weighted by molar-refractivity contribution is 8.00. The Labute approximate surface area is 124 Å². The van der Waals surface area contributed by atoms with Crippen molar-refractivity contribution in [2.75, 3.05) is 5.75 Å². The molecule has 2 aliphatic heterocycles. The molecule has 3 rings (SSSR count). The monoisotopic (exact) mass is 290 g/mol. The molecule has 2 fully saturated rings. The molecular formula is C16H22N2OS. The molecule has 2 unspecified atom stereocenters. The minimum Gasteiger partial charge on any atom is -0.353 e. The number of fused-ring (bicyclic) bond motifs is 2. The van der Waals surface area contributed by atoms with Crippen LogP contribution in [0.1, 0.15) is 31.2 Å². The van der Waals surface area contributed by atoms with Gasteiger partial charge >= 0.3 is 0 Å². The Balaban J connectivity index is 1.44. The highest BCUT2D eigenvalue weighted by Crippen LogP contribution is 2.27. The Hall–Kier alpha value is -1.00. The zero-order chi connectivity index (χ0) is 13.9. The van der Waals surface area contributed by atoms with Crippen molar-refractivity contribution in [3.63, 3.8) is 0 Å². The van der Waals surface area contributed by atoms with Crippen LogP contribution in [0.2, 0.25) is 0 Å². The average Bonchev–Trinajstić information content (AvgIpc) is 2.77. The number of aryl methyl sites for hydroxylation is 1. The van der Waals surface area contributed by atoms with Crippen molar-refractivity contribution in [1.29, 1.82) is 0 Å². The fourth-order valence-corrected chi connectivity index (χ4v) is 3.94. The van der Waals surface area contributed by atoms with E-state index in [4.69, 9.17) is 0 Å². The SMILES string of the molecule is Cc1ccc(SCC(=O)NC2CC3CCC(C2)N3)cc1. The quantitative estimate of drug-likeness (QED) is 0.837. The number of hydrogen-bond donors (Lipinski definition) is 2. The van der Waals surface area contributed by atoms with Crippen LogP contribution in [0.25, 0.3) is 0 Å². The largest absolute Gasteiger partial charge is 0.353 e. The van der Waals surface area contributed by atoms with Gasteiger partial charge in [0.25, 0.3) is 0 Å². The number of carbonyl (C=O) groups is 1. The number of rotatable bonds is 4. The second-order valence-corrected chi connectivity index (χ2v) is 7.02. The number of carbonyl (C=O) groups excluding carboxylic acids is 1. The average molecular weight is 290 g/mol. The van der Waals surface area contributed by atoms with Crippen molar-refractivity contribution in [3.05, 3.63) is 29.8 Å². The smallest absolute Gasteiger partial charge is 0.230 e. The summed E-state index contributed by atoms with van der Waals surface area (Å²) < 4.78 is 0. The maximum Gasteiger partial charge on any atom is 0.230 e. The third-order valence-electron chi connectivity index (χ3n) is 4.23. The summed E-state index contributed by atoms with van der Waals surface area (Å²) >= 11 is 1.62. The first-order valence-electron chi connectivity index (χ1n) is 7.44. The maximum atomic E-state index is 12.0. The number of nitrogens with one attached hydrogen (secondary N) is 2. The molecule has 108 valence electrons. The minimum absolute atomic E-state index is 0.168. The lowest BCUT2D eigenvalue weighted by Gasteiger charge is -2.29. The van der Waals surface area contributed by atoms with Crippen molar-refractivity contribution >= 4 is 17.7 Å². The van der Waals surface area contributed by atoms with Gasteiger partial charge in [-0.15, -0.1) is 11.8 Å². The highest BCUT2D eigenvalue weighted by Gasteiger charge is 2.33. The van der Waals surface area contributed by atoms with Gasteiger partial charge in [-0.25, -0.2) is 0 Å². The van der Waals surface area contributed by atoms with Crippen molar-refractivity contribution in [2.45, 2.75) is 55.6 Å². The summed E-state index contributed by atoms with van der Waals surface area (Å²) in [5.74, 6) is 0.685. The lowest BCUT2D eigenvalue weighted by molar-refractivity contribution is -0.119. The number of amides is 1. The normalized spacial score (nSPS) is 28.4. The van der Waals surface area contributed by atoms with Crippen molar-refractivity contribution in [3.8, 4) is 0 Å². The molecule has 2 atom stereocenters. The molecule has 0 aliphatic carbocycles. The van der Waals surface area contributed by atoms with E-state index in [1.54, 1.807) is 11.8 Å². The number of thioether (sulfide) groups is 1. The standard InChI is InChI=1S/C16H22N2OS/c1-11-2-6-15(7-3-11)20-10-16(19)18-14-8-12-4-5-13(9-14)17-12/h2-3,6-7,12-14,17H,4-5,8-10H2,1H3,(H,18,19). The molecule has 2 saturated heterocycles. The predicted molar refractivity (Wildman–Crippen MR) is 83.0 cm³/mol. The summed E-state index contributed by atoms with van der Waals surface area (Å²) in [6.07, 6.45) is 4.74. The molecule has 2 aliphatic rings. The highest BCUT2D eigenvalue weighted by atomic mass is 32.2. The summed E-state index contributed by atoms with van der Waals surface area (Å²) in [5.41, 5.74) is 1.25. The lowest BCUT2D eigenvalue weighted by atomic mass is 10.00. The van der Waals surface area contributed by atoms with Crippen LogP contribution in [0.15, 0.2) is 29.2 Å². The van der Waals surface area contributed by atoms with Crippen LogP contribution < -0.4 is 10.6 Å². The first kappa shape index (κ1) is 14.0. The molecule has 3 nitrogen and oxygen atoms in total. The molecule has 0 saturated carbocycles. The van der Waals surface area contributed by atoms with Crippen LogP contribution >= 0.6 is 11.8 Å². The van der Waals surface area contributed by atoms with E-state index in [1.165, 1.54) is 18.4 Å². The summed E-state index contributed by atoms with van der Waals surface area (Å²) in [4.78, 5) is 13.2. The molecule has 4 heteroatoms. The van der Waals surface area contributed by atoms with Crippen molar-refractivity contribution in [2.24, 2.45) is 0 Å². The molecule has 0 aromatic heterocycles. The van der Waals surface area contributed by atoms with Gasteiger partial charge in [0.1, 0.15) is 0 Å². The second-order valence-electron chi connectivity index (χ2n) is 5.98. The zero-order valence-corrected chi connectivity index (χ0v) is 12.7. The summed E-state index contributed by atoms with van der Waals surface area (Å²) in [5, 5.41) is 6.80. The van der Waals surface area contributed by atoms with E-state index in [-0.39, 0.29) is 5.91 Å².